The molecule has 0 radical (unpaired) electrons. The van der Waals surface area contributed by atoms with Crippen LogP contribution in [0.25, 0.3) is 11.0 Å². The molecule has 0 aliphatic heterocycles. The van der Waals surface area contributed by atoms with Crippen LogP contribution < -0.4 is 10.5 Å². The van der Waals surface area contributed by atoms with Crippen LogP contribution in [0.2, 0.25) is 0 Å². The molecule has 0 unspecified atom stereocenters. The Balaban J connectivity index is 1.84. The van der Waals surface area contributed by atoms with Crippen LogP contribution in [0.3, 0.4) is 0 Å². The van der Waals surface area contributed by atoms with Gasteiger partial charge in [0.15, 0.2) is 0 Å². The molecule has 0 aliphatic carbocycles. The topological polar surface area (TPSA) is 70.9 Å². The standard InChI is InChI=1S/C13H15N5O/c1-19-12-3-2-10-4-5-17(13(10)16-12)6-7-18-9-11(14)8-15-18/h2-5,8-9H,6-7,14H2,1H3. The number of aromatic nitrogens is 4. The van der Waals surface area contributed by atoms with E-state index in [1.165, 1.54) is 0 Å². The Hall–Kier alpha value is -2.50. The Kier molecular flexibility index (Phi) is 2.83. The van der Waals surface area contributed by atoms with Crippen molar-refractivity contribution in [2.24, 2.45) is 0 Å². The number of nitrogens with zero attached hydrogens (tertiary/aromatic N) is 4. The lowest BCUT2D eigenvalue weighted by atomic mass is 10.3. The fraction of sp³-hybridized carbons (Fsp3) is 0.231. The molecule has 0 spiro atoms. The number of fused-ring (bicyclic) bond motifs is 1. The van der Waals surface area contributed by atoms with E-state index in [0.717, 1.165) is 24.1 Å². The van der Waals surface area contributed by atoms with Gasteiger partial charge in [0.2, 0.25) is 5.88 Å². The summed E-state index contributed by atoms with van der Waals surface area (Å²) in [6.45, 7) is 1.53. The van der Waals surface area contributed by atoms with Gasteiger partial charge in [-0.05, 0) is 12.1 Å². The Bertz CT molecular complexity index is 700. The summed E-state index contributed by atoms with van der Waals surface area (Å²) in [5.74, 6) is 0.621. The van der Waals surface area contributed by atoms with Gasteiger partial charge in [-0.1, -0.05) is 0 Å². The van der Waals surface area contributed by atoms with E-state index in [-0.39, 0.29) is 0 Å². The lowest BCUT2D eigenvalue weighted by molar-refractivity contribution is 0.398. The molecule has 3 rings (SSSR count). The van der Waals surface area contributed by atoms with Gasteiger partial charge in [0, 0.05) is 30.4 Å². The van der Waals surface area contributed by atoms with Crippen molar-refractivity contribution >= 4 is 16.7 Å². The van der Waals surface area contributed by atoms with E-state index in [2.05, 4.69) is 14.6 Å². The average molecular weight is 257 g/mol. The van der Waals surface area contributed by atoms with E-state index in [4.69, 9.17) is 10.5 Å². The second-order valence-electron chi connectivity index (χ2n) is 4.31. The second-order valence-corrected chi connectivity index (χ2v) is 4.31. The molecule has 2 N–H and O–H groups in total. The first kappa shape index (κ1) is 11.6. The number of hydrogen-bond donors (Lipinski definition) is 1. The minimum atomic E-state index is 0.621. The van der Waals surface area contributed by atoms with Gasteiger partial charge < -0.3 is 15.0 Å². The molecule has 0 bridgehead atoms. The van der Waals surface area contributed by atoms with Crippen LogP contribution >= 0.6 is 0 Å². The van der Waals surface area contributed by atoms with Crippen LogP contribution in [-0.2, 0) is 13.1 Å². The first-order valence-electron chi connectivity index (χ1n) is 6.04. The normalized spacial score (nSPS) is 11.0. The number of methoxy groups -OCH3 is 1. The largest absolute Gasteiger partial charge is 0.481 e. The maximum absolute atomic E-state index is 5.64. The Labute approximate surface area is 110 Å². The molecule has 3 heterocycles. The van der Waals surface area contributed by atoms with Crippen molar-refractivity contribution in [3.63, 3.8) is 0 Å². The lowest BCUT2D eigenvalue weighted by Crippen LogP contribution is -2.07. The van der Waals surface area contributed by atoms with Crippen molar-refractivity contribution < 1.29 is 4.74 Å². The third-order valence-corrected chi connectivity index (χ3v) is 3.02. The summed E-state index contributed by atoms with van der Waals surface area (Å²) < 4.78 is 9.05. The number of aryl methyl sites for hydroxylation is 2. The molecular weight excluding hydrogens is 242 g/mol. The minimum absolute atomic E-state index is 0.621. The fourth-order valence-corrected chi connectivity index (χ4v) is 2.05. The molecule has 3 aromatic rings. The number of hydrogen-bond acceptors (Lipinski definition) is 4. The van der Waals surface area contributed by atoms with Crippen molar-refractivity contribution in [3.8, 4) is 5.88 Å². The van der Waals surface area contributed by atoms with Crippen LogP contribution in [0.15, 0.2) is 36.8 Å². The zero-order chi connectivity index (χ0) is 13.2. The molecule has 0 saturated heterocycles. The van der Waals surface area contributed by atoms with Crippen molar-refractivity contribution in [3.05, 3.63) is 36.8 Å². The maximum atomic E-state index is 5.64. The van der Waals surface area contributed by atoms with Gasteiger partial charge in [0.25, 0.3) is 0 Å². The summed E-state index contributed by atoms with van der Waals surface area (Å²) in [4.78, 5) is 4.46. The van der Waals surface area contributed by atoms with Gasteiger partial charge >= 0.3 is 0 Å². The molecular formula is C13H15N5O. The third-order valence-electron chi connectivity index (χ3n) is 3.02. The number of nitrogen functional groups attached to an aromatic ring is 1. The molecule has 19 heavy (non-hydrogen) atoms. The van der Waals surface area contributed by atoms with Crippen LogP contribution in [-0.4, -0.2) is 26.4 Å². The number of ether oxygens (including phenoxy) is 1. The fourth-order valence-electron chi connectivity index (χ4n) is 2.05. The van der Waals surface area contributed by atoms with Crippen molar-refractivity contribution in [2.45, 2.75) is 13.1 Å². The molecule has 0 amide bonds. The first-order valence-corrected chi connectivity index (χ1v) is 6.04. The van der Waals surface area contributed by atoms with E-state index in [9.17, 15) is 0 Å². The predicted octanol–water partition coefficient (Wildman–Crippen LogP) is 1.52. The van der Waals surface area contributed by atoms with Crippen LogP contribution in [0.5, 0.6) is 5.88 Å². The third kappa shape index (κ3) is 2.24. The minimum Gasteiger partial charge on any atom is -0.481 e. The molecule has 98 valence electrons. The number of rotatable bonds is 4. The van der Waals surface area contributed by atoms with Gasteiger partial charge in [0.1, 0.15) is 5.65 Å². The molecule has 0 aliphatic rings. The van der Waals surface area contributed by atoms with Crippen LogP contribution in [0.4, 0.5) is 5.69 Å². The smallest absolute Gasteiger partial charge is 0.214 e. The number of anilines is 1. The summed E-state index contributed by atoms with van der Waals surface area (Å²) in [7, 11) is 1.62. The highest BCUT2D eigenvalue weighted by atomic mass is 16.5. The first-order chi connectivity index (χ1) is 9.26. The lowest BCUT2D eigenvalue weighted by Gasteiger charge is -2.06. The zero-order valence-corrected chi connectivity index (χ0v) is 10.7. The second kappa shape index (κ2) is 4.64. The van der Waals surface area contributed by atoms with Crippen LogP contribution in [0.1, 0.15) is 0 Å². The predicted molar refractivity (Wildman–Crippen MR) is 72.9 cm³/mol. The molecule has 0 saturated carbocycles. The highest BCUT2D eigenvalue weighted by Gasteiger charge is 2.04. The SMILES string of the molecule is COc1ccc2ccn(CCn3cc(N)cn3)c2n1. The van der Waals surface area contributed by atoms with Crippen molar-refractivity contribution in [2.75, 3.05) is 12.8 Å². The van der Waals surface area contributed by atoms with Crippen molar-refractivity contribution in [1.82, 2.24) is 19.3 Å². The number of pyridine rings is 1. The van der Waals surface area contributed by atoms with Gasteiger partial charge in [-0.25, -0.2) is 0 Å². The summed E-state index contributed by atoms with van der Waals surface area (Å²) in [5, 5.41) is 5.26. The quantitative estimate of drug-likeness (QED) is 0.769. The van der Waals surface area contributed by atoms with E-state index < -0.39 is 0 Å². The molecule has 0 aromatic carbocycles. The summed E-state index contributed by atoms with van der Waals surface area (Å²) >= 11 is 0. The highest BCUT2D eigenvalue weighted by molar-refractivity contribution is 5.76. The van der Waals surface area contributed by atoms with Gasteiger partial charge in [-0.2, -0.15) is 10.1 Å². The summed E-state index contributed by atoms with van der Waals surface area (Å²) in [5.41, 5.74) is 7.23. The Morgan fingerprint density at radius 3 is 2.89 bits per heavy atom. The summed E-state index contributed by atoms with van der Waals surface area (Å²) in [6.07, 6.45) is 5.48. The maximum Gasteiger partial charge on any atom is 0.214 e. The Morgan fingerprint density at radius 1 is 1.26 bits per heavy atom. The van der Waals surface area contributed by atoms with Crippen LogP contribution in [0, 0.1) is 0 Å². The zero-order valence-electron chi connectivity index (χ0n) is 10.7. The van der Waals surface area contributed by atoms with E-state index >= 15 is 0 Å². The van der Waals surface area contributed by atoms with E-state index in [0.29, 0.717) is 11.6 Å². The van der Waals surface area contributed by atoms with E-state index in [1.54, 1.807) is 13.3 Å². The highest BCUT2D eigenvalue weighted by Crippen LogP contribution is 2.17. The van der Waals surface area contributed by atoms with Gasteiger partial charge in [-0.15, -0.1) is 0 Å². The van der Waals surface area contributed by atoms with Gasteiger partial charge in [-0.3, -0.25) is 4.68 Å². The molecule has 6 heteroatoms. The molecule has 6 nitrogen and oxygen atoms in total. The Morgan fingerprint density at radius 2 is 2.16 bits per heavy atom. The molecule has 3 aromatic heterocycles. The van der Waals surface area contributed by atoms with E-state index in [1.807, 2.05) is 35.3 Å². The molecule has 0 fully saturated rings. The summed E-state index contributed by atoms with van der Waals surface area (Å²) in [6, 6.07) is 5.91. The monoisotopic (exact) mass is 257 g/mol. The average Bonchev–Trinajstić information content (AvgIpc) is 3.02. The number of nitrogens with two attached hydrogens (primary N) is 1. The van der Waals surface area contributed by atoms with Crippen molar-refractivity contribution in [1.29, 1.82) is 0 Å². The molecule has 0 atom stereocenters. The van der Waals surface area contributed by atoms with Gasteiger partial charge in [0.05, 0.1) is 25.5 Å².